The number of ether oxygens (including phenoxy) is 1. The predicted molar refractivity (Wildman–Crippen MR) is 94.3 cm³/mol. The van der Waals surface area contributed by atoms with Gasteiger partial charge in [0.05, 0.1) is 19.8 Å². The summed E-state index contributed by atoms with van der Waals surface area (Å²) in [5.74, 6) is -0.451. The topological polar surface area (TPSA) is 97.0 Å². The van der Waals surface area contributed by atoms with Crippen LogP contribution in [0.25, 0.3) is 0 Å². The monoisotopic (exact) mass is 366 g/mol. The van der Waals surface area contributed by atoms with Gasteiger partial charge in [0, 0.05) is 33.3 Å². The molecular formula is C17H26N4O5. The Kier molecular flexibility index (Phi) is 5.31. The smallest absolute Gasteiger partial charge is 0.331 e. The summed E-state index contributed by atoms with van der Waals surface area (Å²) in [7, 11) is 2.83. The van der Waals surface area contributed by atoms with Crippen LogP contribution in [0.1, 0.15) is 23.3 Å². The zero-order chi connectivity index (χ0) is 18.9. The van der Waals surface area contributed by atoms with E-state index in [1.54, 1.807) is 0 Å². The van der Waals surface area contributed by atoms with Crippen LogP contribution in [0, 0.1) is 0 Å². The van der Waals surface area contributed by atoms with E-state index in [4.69, 9.17) is 4.74 Å². The maximum Gasteiger partial charge on any atom is 0.331 e. The SMILES string of the molecule is Cn1c(C(=O)N2CCOC[C@@](O)(CN3CCCC3)C2)cc(=O)n(C)c1=O. The summed E-state index contributed by atoms with van der Waals surface area (Å²) in [6.45, 7) is 3.15. The van der Waals surface area contributed by atoms with E-state index in [-0.39, 0.29) is 18.8 Å². The summed E-state index contributed by atoms with van der Waals surface area (Å²) in [5, 5.41) is 11.0. The van der Waals surface area contributed by atoms with Gasteiger partial charge in [0.2, 0.25) is 0 Å². The Hall–Kier alpha value is -1.97. The van der Waals surface area contributed by atoms with Crippen molar-refractivity contribution in [3.05, 3.63) is 32.6 Å². The average Bonchev–Trinajstić information content (AvgIpc) is 3.03. The van der Waals surface area contributed by atoms with Gasteiger partial charge in [-0.15, -0.1) is 0 Å². The molecule has 144 valence electrons. The van der Waals surface area contributed by atoms with E-state index in [0.29, 0.717) is 19.7 Å². The van der Waals surface area contributed by atoms with Crippen LogP contribution in [0.4, 0.5) is 0 Å². The van der Waals surface area contributed by atoms with Gasteiger partial charge in [0.1, 0.15) is 11.3 Å². The molecule has 0 saturated carbocycles. The lowest BCUT2D eigenvalue weighted by Gasteiger charge is -2.34. The first kappa shape index (κ1) is 18.8. The summed E-state index contributed by atoms with van der Waals surface area (Å²) in [5.41, 5.74) is -2.24. The number of aliphatic hydroxyl groups is 1. The van der Waals surface area contributed by atoms with Crippen LogP contribution in [-0.4, -0.2) is 81.5 Å². The highest BCUT2D eigenvalue weighted by atomic mass is 16.5. The standard InChI is InChI=1S/C17H26N4O5/c1-18-13(9-14(22)19(2)16(18)24)15(23)21-7-8-26-12-17(25,11-21)10-20-5-3-4-6-20/h9,25H,3-8,10-12H2,1-2H3/t17-/m1/s1. The van der Waals surface area contributed by atoms with Crippen LogP contribution < -0.4 is 11.2 Å². The molecule has 1 N–H and O–H groups in total. The number of carbonyl (C=O) groups is 1. The molecule has 1 amide bonds. The maximum absolute atomic E-state index is 13.0. The van der Waals surface area contributed by atoms with Crippen molar-refractivity contribution in [2.45, 2.75) is 18.4 Å². The van der Waals surface area contributed by atoms with E-state index < -0.39 is 22.8 Å². The molecule has 3 heterocycles. The molecule has 3 rings (SSSR count). The third-order valence-corrected chi connectivity index (χ3v) is 5.11. The third kappa shape index (κ3) is 3.74. The van der Waals surface area contributed by atoms with Gasteiger partial charge in [-0.3, -0.25) is 18.7 Å². The van der Waals surface area contributed by atoms with Crippen LogP contribution in [0.2, 0.25) is 0 Å². The summed E-state index contributed by atoms with van der Waals surface area (Å²) in [6.07, 6.45) is 2.21. The molecule has 0 radical (unpaired) electrons. The minimum absolute atomic E-state index is 0.0172. The molecule has 2 aliphatic rings. The van der Waals surface area contributed by atoms with Gasteiger partial charge in [0.25, 0.3) is 11.5 Å². The molecule has 0 bridgehead atoms. The number of nitrogens with zero attached hydrogens (tertiary/aromatic N) is 4. The summed E-state index contributed by atoms with van der Waals surface area (Å²) >= 11 is 0. The molecule has 2 saturated heterocycles. The van der Waals surface area contributed by atoms with E-state index in [1.165, 1.54) is 19.0 Å². The molecule has 1 aromatic rings. The quantitative estimate of drug-likeness (QED) is 0.691. The molecule has 0 unspecified atom stereocenters. The lowest BCUT2D eigenvalue weighted by atomic mass is 10.0. The lowest BCUT2D eigenvalue weighted by molar-refractivity contribution is -0.0525. The van der Waals surface area contributed by atoms with Crippen molar-refractivity contribution in [1.82, 2.24) is 18.9 Å². The van der Waals surface area contributed by atoms with Crippen LogP contribution in [-0.2, 0) is 18.8 Å². The zero-order valence-electron chi connectivity index (χ0n) is 15.3. The fraction of sp³-hybridized carbons (Fsp3) is 0.706. The van der Waals surface area contributed by atoms with Crippen molar-refractivity contribution in [3.63, 3.8) is 0 Å². The van der Waals surface area contributed by atoms with Crippen LogP contribution >= 0.6 is 0 Å². The zero-order valence-corrected chi connectivity index (χ0v) is 15.3. The normalized spacial score (nSPS) is 24.7. The van der Waals surface area contributed by atoms with Crippen LogP contribution in [0.3, 0.4) is 0 Å². The van der Waals surface area contributed by atoms with Crippen molar-refractivity contribution in [3.8, 4) is 0 Å². The molecule has 1 atom stereocenters. The molecule has 0 aliphatic carbocycles. The van der Waals surface area contributed by atoms with Crippen LogP contribution in [0.5, 0.6) is 0 Å². The Morgan fingerprint density at radius 1 is 1.19 bits per heavy atom. The average molecular weight is 366 g/mol. The van der Waals surface area contributed by atoms with E-state index in [0.717, 1.165) is 41.1 Å². The van der Waals surface area contributed by atoms with Crippen molar-refractivity contribution >= 4 is 5.91 Å². The van der Waals surface area contributed by atoms with Gasteiger partial charge in [-0.25, -0.2) is 4.79 Å². The van der Waals surface area contributed by atoms with Crippen molar-refractivity contribution in [1.29, 1.82) is 0 Å². The highest BCUT2D eigenvalue weighted by Crippen LogP contribution is 2.19. The highest BCUT2D eigenvalue weighted by molar-refractivity contribution is 5.92. The van der Waals surface area contributed by atoms with E-state index in [1.807, 2.05) is 0 Å². The summed E-state index contributed by atoms with van der Waals surface area (Å²) in [6, 6.07) is 1.16. The number of amides is 1. The Morgan fingerprint density at radius 2 is 1.88 bits per heavy atom. The Balaban J connectivity index is 1.84. The van der Waals surface area contributed by atoms with Gasteiger partial charge in [-0.1, -0.05) is 0 Å². The lowest BCUT2D eigenvalue weighted by Crippen LogP contribution is -2.53. The Morgan fingerprint density at radius 3 is 2.58 bits per heavy atom. The van der Waals surface area contributed by atoms with Gasteiger partial charge in [-0.05, 0) is 25.9 Å². The van der Waals surface area contributed by atoms with Gasteiger partial charge in [-0.2, -0.15) is 0 Å². The van der Waals surface area contributed by atoms with E-state index in [9.17, 15) is 19.5 Å². The molecule has 1 aromatic heterocycles. The van der Waals surface area contributed by atoms with Crippen molar-refractivity contribution in [2.24, 2.45) is 14.1 Å². The molecule has 9 nitrogen and oxygen atoms in total. The molecular weight excluding hydrogens is 340 g/mol. The Labute approximate surface area is 151 Å². The number of β-amino-alcohol motifs (C(OH)–C–C–N with tert-alkyl or cyclic N) is 1. The van der Waals surface area contributed by atoms with Gasteiger partial charge < -0.3 is 19.6 Å². The fourth-order valence-corrected chi connectivity index (χ4v) is 3.64. The second-order valence-electron chi connectivity index (χ2n) is 7.26. The maximum atomic E-state index is 13.0. The second kappa shape index (κ2) is 7.34. The first-order chi connectivity index (χ1) is 12.3. The predicted octanol–water partition coefficient (Wildman–Crippen LogP) is -1.62. The fourth-order valence-electron chi connectivity index (χ4n) is 3.64. The number of rotatable bonds is 3. The molecule has 0 aromatic carbocycles. The number of likely N-dealkylation sites (tertiary alicyclic amines) is 1. The van der Waals surface area contributed by atoms with Gasteiger partial charge >= 0.3 is 5.69 Å². The molecule has 0 spiro atoms. The minimum atomic E-state index is -1.17. The number of carbonyl (C=O) groups excluding carboxylic acids is 1. The third-order valence-electron chi connectivity index (χ3n) is 5.11. The van der Waals surface area contributed by atoms with E-state index in [2.05, 4.69) is 4.90 Å². The molecule has 2 fully saturated rings. The second-order valence-corrected chi connectivity index (χ2v) is 7.26. The van der Waals surface area contributed by atoms with Crippen molar-refractivity contribution in [2.75, 3.05) is 45.9 Å². The van der Waals surface area contributed by atoms with Crippen LogP contribution in [0.15, 0.2) is 15.7 Å². The molecule has 9 heteroatoms. The van der Waals surface area contributed by atoms with E-state index >= 15 is 0 Å². The largest absolute Gasteiger partial charge is 0.384 e. The highest BCUT2D eigenvalue weighted by Gasteiger charge is 2.37. The first-order valence-electron chi connectivity index (χ1n) is 8.89. The number of hydrogen-bond acceptors (Lipinski definition) is 6. The van der Waals surface area contributed by atoms with Gasteiger partial charge in [0.15, 0.2) is 0 Å². The number of hydrogen-bond donors (Lipinski definition) is 1. The summed E-state index contributed by atoms with van der Waals surface area (Å²) < 4.78 is 7.64. The molecule has 26 heavy (non-hydrogen) atoms. The molecule has 2 aliphatic heterocycles. The first-order valence-corrected chi connectivity index (χ1v) is 8.89. The Bertz CT molecular complexity index is 795. The summed E-state index contributed by atoms with van der Waals surface area (Å²) in [4.78, 5) is 40.6. The number of aromatic nitrogens is 2. The minimum Gasteiger partial charge on any atom is -0.384 e. The van der Waals surface area contributed by atoms with Crippen molar-refractivity contribution < 1.29 is 14.6 Å².